The van der Waals surface area contributed by atoms with Crippen LogP contribution in [0.5, 0.6) is 0 Å². The molecule has 0 fully saturated rings. The minimum atomic E-state index is -4.20. The normalized spacial score (nSPS) is 11.6. The number of unbranched alkanes of at least 4 members (excludes halogenated alkanes) is 1. The lowest BCUT2D eigenvalue weighted by Crippen LogP contribution is -2.36. The first kappa shape index (κ1) is 26.0. The van der Waals surface area contributed by atoms with Crippen molar-refractivity contribution < 1.29 is 17.9 Å². The van der Waals surface area contributed by atoms with Crippen molar-refractivity contribution >= 4 is 55.8 Å². The minimum Gasteiger partial charge on any atom is -0.464 e. The van der Waals surface area contributed by atoms with Gasteiger partial charge in [-0.3, -0.25) is 9.10 Å². The van der Waals surface area contributed by atoms with E-state index in [1.807, 2.05) is 42.8 Å². The molecular formula is C26H25Cl2N3O4S. The number of esters is 1. The summed E-state index contributed by atoms with van der Waals surface area (Å²) < 4.78 is 35.6. The molecule has 2 aromatic carbocycles. The third kappa shape index (κ3) is 5.67. The molecule has 0 saturated heterocycles. The van der Waals surface area contributed by atoms with Crippen LogP contribution in [-0.2, 0) is 19.6 Å². The Balaban J connectivity index is 1.76. The highest BCUT2D eigenvalue weighted by Gasteiger charge is 2.29. The van der Waals surface area contributed by atoms with Crippen LogP contribution in [0.3, 0.4) is 0 Å². The summed E-state index contributed by atoms with van der Waals surface area (Å²) in [6.07, 6.45) is 5.14. The Hall–Kier alpha value is -3.07. The van der Waals surface area contributed by atoms with E-state index in [9.17, 15) is 13.2 Å². The maximum atomic E-state index is 13.7. The number of rotatable bonds is 9. The van der Waals surface area contributed by atoms with Gasteiger partial charge in [0.2, 0.25) is 0 Å². The summed E-state index contributed by atoms with van der Waals surface area (Å²) >= 11 is 12.2. The van der Waals surface area contributed by atoms with E-state index < -0.39 is 22.5 Å². The second-order valence-electron chi connectivity index (χ2n) is 8.31. The second kappa shape index (κ2) is 10.9. The van der Waals surface area contributed by atoms with Gasteiger partial charge in [-0.2, -0.15) is 0 Å². The Morgan fingerprint density at radius 1 is 1.06 bits per heavy atom. The van der Waals surface area contributed by atoms with Crippen LogP contribution in [0.2, 0.25) is 10.0 Å². The van der Waals surface area contributed by atoms with Gasteiger partial charge in [0, 0.05) is 27.8 Å². The van der Waals surface area contributed by atoms with Crippen LogP contribution in [0.4, 0.5) is 5.69 Å². The predicted octanol–water partition coefficient (Wildman–Crippen LogP) is 6.18. The first-order chi connectivity index (χ1) is 17.2. The van der Waals surface area contributed by atoms with Crippen LogP contribution in [-0.4, -0.2) is 37.1 Å². The molecule has 2 heterocycles. The zero-order chi connectivity index (χ0) is 25.9. The van der Waals surface area contributed by atoms with Crippen molar-refractivity contribution in [3.05, 3.63) is 82.6 Å². The Morgan fingerprint density at radius 2 is 1.81 bits per heavy atom. The van der Waals surface area contributed by atoms with Crippen molar-refractivity contribution in [2.45, 2.75) is 31.6 Å². The van der Waals surface area contributed by atoms with Crippen LogP contribution in [0, 0.1) is 6.92 Å². The zero-order valence-electron chi connectivity index (χ0n) is 19.8. The number of carbonyl (C=O) groups is 1. The van der Waals surface area contributed by atoms with Crippen molar-refractivity contribution in [3.8, 4) is 5.82 Å². The van der Waals surface area contributed by atoms with Crippen LogP contribution in [0.25, 0.3) is 16.7 Å². The number of benzene rings is 2. The highest BCUT2D eigenvalue weighted by Crippen LogP contribution is 2.31. The number of hydrogen-bond donors (Lipinski definition) is 0. The molecule has 0 aliphatic carbocycles. The molecule has 10 heteroatoms. The summed E-state index contributed by atoms with van der Waals surface area (Å²) in [7, 11) is -4.20. The monoisotopic (exact) mass is 545 g/mol. The standard InChI is InChI=1S/C26H25Cl2N3O4S/c1-3-4-11-35-26(32)17-31(36(33,34)23-15-20(27)14-21(28)16-23)22-5-6-24-19(13-22)8-10-30(24)25-12-18(2)7-9-29-25/h5-10,12-16H,3-4,11,17H2,1-2H3. The maximum absolute atomic E-state index is 13.7. The number of sulfonamides is 1. The van der Waals surface area contributed by atoms with E-state index in [1.165, 1.54) is 18.2 Å². The largest absolute Gasteiger partial charge is 0.464 e. The summed E-state index contributed by atoms with van der Waals surface area (Å²) in [6, 6.07) is 14.9. The molecule has 0 saturated carbocycles. The summed E-state index contributed by atoms with van der Waals surface area (Å²) in [5.74, 6) is 0.0945. The quantitative estimate of drug-likeness (QED) is 0.185. The fourth-order valence-corrected chi connectivity index (χ4v) is 5.88. The van der Waals surface area contributed by atoms with Gasteiger partial charge in [-0.1, -0.05) is 36.5 Å². The Morgan fingerprint density at radius 3 is 2.50 bits per heavy atom. The van der Waals surface area contributed by atoms with E-state index in [0.717, 1.165) is 33.0 Å². The first-order valence-corrected chi connectivity index (χ1v) is 13.6. The van der Waals surface area contributed by atoms with Gasteiger partial charge in [0.15, 0.2) is 0 Å². The van der Waals surface area contributed by atoms with Crippen molar-refractivity contribution in [1.82, 2.24) is 9.55 Å². The molecule has 7 nitrogen and oxygen atoms in total. The van der Waals surface area contributed by atoms with Crippen LogP contribution < -0.4 is 4.31 Å². The maximum Gasteiger partial charge on any atom is 0.326 e. The van der Waals surface area contributed by atoms with E-state index in [2.05, 4.69) is 4.98 Å². The number of pyridine rings is 1. The third-order valence-electron chi connectivity index (χ3n) is 5.57. The Bertz CT molecular complexity index is 1500. The summed E-state index contributed by atoms with van der Waals surface area (Å²) in [5, 5.41) is 1.12. The topological polar surface area (TPSA) is 81.5 Å². The summed E-state index contributed by atoms with van der Waals surface area (Å²) in [6.45, 7) is 3.68. The molecule has 4 aromatic rings. The van der Waals surface area contributed by atoms with Crippen LogP contribution in [0.15, 0.2) is 71.9 Å². The van der Waals surface area contributed by atoms with Gasteiger partial charge in [-0.05, 0) is 73.5 Å². The number of aryl methyl sites for hydroxylation is 1. The van der Waals surface area contributed by atoms with Crippen molar-refractivity contribution in [1.29, 1.82) is 0 Å². The average Bonchev–Trinajstić information content (AvgIpc) is 3.25. The number of anilines is 1. The molecule has 0 atom stereocenters. The molecule has 4 rings (SSSR count). The smallest absolute Gasteiger partial charge is 0.326 e. The van der Waals surface area contributed by atoms with Crippen molar-refractivity contribution in [3.63, 3.8) is 0 Å². The van der Waals surface area contributed by atoms with E-state index in [4.69, 9.17) is 27.9 Å². The van der Waals surface area contributed by atoms with Gasteiger partial charge >= 0.3 is 5.97 Å². The molecule has 0 aliphatic heterocycles. The zero-order valence-corrected chi connectivity index (χ0v) is 22.1. The SMILES string of the molecule is CCCCOC(=O)CN(c1ccc2c(ccn2-c2cc(C)ccn2)c1)S(=O)(=O)c1cc(Cl)cc(Cl)c1. The number of halogens is 2. The van der Waals surface area contributed by atoms with E-state index in [0.29, 0.717) is 12.1 Å². The lowest BCUT2D eigenvalue weighted by molar-refractivity contribution is -0.141. The molecule has 188 valence electrons. The molecule has 0 aliphatic rings. The summed E-state index contributed by atoms with van der Waals surface area (Å²) in [5.41, 5.74) is 2.21. The molecule has 0 bridgehead atoms. The third-order valence-corrected chi connectivity index (χ3v) is 7.76. The molecule has 0 N–H and O–H groups in total. The summed E-state index contributed by atoms with van der Waals surface area (Å²) in [4.78, 5) is 16.9. The van der Waals surface area contributed by atoms with Crippen LogP contribution in [0.1, 0.15) is 25.3 Å². The Labute approximate surface area is 220 Å². The van der Waals surface area contributed by atoms with Gasteiger partial charge in [-0.15, -0.1) is 0 Å². The highest BCUT2D eigenvalue weighted by molar-refractivity contribution is 7.92. The van der Waals surface area contributed by atoms with Gasteiger partial charge in [0.25, 0.3) is 10.0 Å². The van der Waals surface area contributed by atoms with Gasteiger partial charge in [0.05, 0.1) is 22.7 Å². The molecule has 36 heavy (non-hydrogen) atoms. The van der Waals surface area contributed by atoms with E-state index >= 15 is 0 Å². The van der Waals surface area contributed by atoms with Gasteiger partial charge in [0.1, 0.15) is 12.4 Å². The van der Waals surface area contributed by atoms with Crippen LogP contribution >= 0.6 is 23.2 Å². The molecule has 0 radical (unpaired) electrons. The first-order valence-electron chi connectivity index (χ1n) is 11.4. The van der Waals surface area contributed by atoms with Crippen molar-refractivity contribution in [2.24, 2.45) is 0 Å². The highest BCUT2D eigenvalue weighted by atomic mass is 35.5. The number of hydrogen-bond acceptors (Lipinski definition) is 5. The Kier molecular flexibility index (Phi) is 7.88. The van der Waals surface area contributed by atoms with Crippen molar-refractivity contribution in [2.75, 3.05) is 17.5 Å². The van der Waals surface area contributed by atoms with E-state index in [1.54, 1.807) is 24.4 Å². The molecule has 0 amide bonds. The second-order valence-corrected chi connectivity index (χ2v) is 11.0. The number of fused-ring (bicyclic) bond motifs is 1. The fraction of sp³-hybridized carbons (Fsp3) is 0.231. The number of aromatic nitrogens is 2. The molecule has 0 unspecified atom stereocenters. The lowest BCUT2D eigenvalue weighted by Gasteiger charge is -2.24. The predicted molar refractivity (Wildman–Crippen MR) is 143 cm³/mol. The lowest BCUT2D eigenvalue weighted by atomic mass is 10.2. The van der Waals surface area contributed by atoms with Gasteiger partial charge in [-0.25, -0.2) is 13.4 Å². The number of nitrogens with zero attached hydrogens (tertiary/aromatic N) is 3. The molecular weight excluding hydrogens is 521 g/mol. The average molecular weight is 546 g/mol. The van der Waals surface area contributed by atoms with E-state index in [-0.39, 0.29) is 21.5 Å². The number of ether oxygens (including phenoxy) is 1. The molecule has 2 aromatic heterocycles. The molecule has 0 spiro atoms. The number of carbonyl (C=O) groups excluding carboxylic acids is 1. The van der Waals surface area contributed by atoms with Gasteiger partial charge < -0.3 is 9.30 Å². The fourth-order valence-electron chi connectivity index (χ4n) is 3.75. The minimum absolute atomic E-state index is 0.122.